The van der Waals surface area contributed by atoms with E-state index in [0.717, 1.165) is 87.6 Å². The summed E-state index contributed by atoms with van der Waals surface area (Å²) >= 11 is 9.46. The van der Waals surface area contributed by atoms with Gasteiger partial charge in [-0.2, -0.15) is 0 Å². The first-order valence-electron chi connectivity index (χ1n) is 40.0. The van der Waals surface area contributed by atoms with Crippen molar-refractivity contribution in [2.75, 3.05) is 0 Å². The second-order valence-corrected chi connectivity index (χ2v) is 33.1. The quantitative estimate of drug-likeness (QED) is 0.0833. The number of halogens is 1. The minimum atomic E-state index is -1.01. The zero-order valence-corrected chi connectivity index (χ0v) is 69.1. The van der Waals surface area contributed by atoms with Gasteiger partial charge in [0, 0.05) is 47.6 Å². The van der Waals surface area contributed by atoms with Crippen molar-refractivity contribution in [3.8, 4) is 145 Å². The van der Waals surface area contributed by atoms with Crippen LogP contribution in [-0.2, 0) is 0 Å². The molecule has 0 saturated carbocycles. The lowest BCUT2D eigenvalue weighted by atomic mass is 9.90. The maximum atomic E-state index is 9.10. The van der Waals surface area contributed by atoms with Crippen LogP contribution in [0.4, 0.5) is 0 Å². The second-order valence-electron chi connectivity index (χ2n) is 30.7. The zero-order chi connectivity index (χ0) is 82.1. The van der Waals surface area contributed by atoms with Gasteiger partial charge >= 0.3 is 0 Å². The molecule has 0 aliphatic heterocycles. The minimum Gasteiger partial charge on any atom is -0.387 e. The highest BCUT2D eigenvalue weighted by Crippen LogP contribution is 2.44. The average molecular weight is 1600 g/mol. The van der Waals surface area contributed by atoms with Crippen LogP contribution < -0.4 is 5.46 Å². The van der Waals surface area contributed by atoms with Crippen molar-refractivity contribution in [2.24, 2.45) is 0 Å². The SMILES string of the molecule is CC(C)(O)C(C)(C)O.Clc1nc(-c2ccccc2)c2c(n1)sc1ccccc12.[B]c1cccc(-c2cccc(-c3cc(-c4ccccc4)cc(-c4ccc(-c5ccccc5)cc4)c3)c2)c1.c1ccc(-c2ccc(-c3cc(-c4ccccc4)cc(-c4cccc(-c5cccc(-c6nc(-c7ccccc7)c7c(n6)sc6ccccc67)c5)c4)c3)cc2)cc1. The number of rotatable bonds is 14. The predicted molar refractivity (Wildman–Crippen MR) is 510 cm³/mol. The zero-order valence-electron chi connectivity index (χ0n) is 66.7. The third-order valence-corrected chi connectivity index (χ3v) is 24.1. The first-order chi connectivity index (χ1) is 58.5. The fourth-order valence-electron chi connectivity index (χ4n) is 14.8. The van der Waals surface area contributed by atoms with Crippen LogP contribution in [0.15, 0.2) is 413 Å². The van der Waals surface area contributed by atoms with E-state index >= 15 is 0 Å². The van der Waals surface area contributed by atoms with E-state index in [1.54, 1.807) is 50.4 Å². The molecule has 0 saturated heterocycles. The molecule has 4 heterocycles. The second kappa shape index (κ2) is 35.3. The number of hydrogen-bond acceptors (Lipinski definition) is 8. The van der Waals surface area contributed by atoms with Crippen molar-refractivity contribution in [3.63, 3.8) is 0 Å². The number of aromatic nitrogens is 4. The summed E-state index contributed by atoms with van der Waals surface area (Å²) in [6.07, 6.45) is 0. The molecule has 0 atom stereocenters. The van der Waals surface area contributed by atoms with E-state index in [2.05, 4.69) is 356 Å². The van der Waals surface area contributed by atoms with E-state index in [-0.39, 0.29) is 0 Å². The largest absolute Gasteiger partial charge is 0.387 e. The summed E-state index contributed by atoms with van der Waals surface area (Å²) < 4.78 is 2.42. The predicted octanol–water partition coefficient (Wildman–Crippen LogP) is 29.0. The van der Waals surface area contributed by atoms with Crippen LogP contribution >= 0.6 is 34.3 Å². The molecule has 4 aromatic heterocycles. The molecule has 576 valence electrons. The molecule has 2 radical (unpaired) electrons. The van der Waals surface area contributed by atoms with Gasteiger partial charge in [-0.15, -0.1) is 22.7 Å². The molecule has 2 N–H and O–H groups in total. The van der Waals surface area contributed by atoms with Crippen LogP contribution in [0.3, 0.4) is 0 Å². The lowest BCUT2D eigenvalue weighted by Gasteiger charge is -2.31. The fraction of sp³-hybridized carbons (Fsp3) is 0.0545. The highest BCUT2D eigenvalue weighted by molar-refractivity contribution is 7.26. The van der Waals surface area contributed by atoms with Crippen molar-refractivity contribution in [3.05, 3.63) is 418 Å². The number of nitrogens with zero attached hydrogens (tertiary/aromatic N) is 4. The van der Waals surface area contributed by atoms with Crippen LogP contribution in [0.25, 0.3) is 186 Å². The Morgan fingerprint density at radius 1 is 0.233 bits per heavy atom. The molecule has 20 rings (SSSR count). The molecule has 0 amide bonds. The third-order valence-electron chi connectivity index (χ3n) is 21.8. The Bertz CT molecular complexity index is 6970. The molecule has 0 spiro atoms. The van der Waals surface area contributed by atoms with Crippen molar-refractivity contribution in [1.29, 1.82) is 0 Å². The van der Waals surface area contributed by atoms with E-state index in [1.807, 2.05) is 66.7 Å². The summed E-state index contributed by atoms with van der Waals surface area (Å²) in [4.78, 5) is 21.2. The first kappa shape index (κ1) is 78.9. The summed E-state index contributed by atoms with van der Waals surface area (Å²) in [5.74, 6) is 0.731. The maximum Gasteiger partial charge on any atom is 0.224 e. The van der Waals surface area contributed by atoms with Gasteiger partial charge in [0.25, 0.3) is 0 Å². The lowest BCUT2D eigenvalue weighted by molar-refractivity contribution is -0.107. The highest BCUT2D eigenvalue weighted by atomic mass is 35.5. The van der Waals surface area contributed by atoms with Crippen molar-refractivity contribution >= 4 is 88.2 Å². The molecule has 6 nitrogen and oxygen atoms in total. The van der Waals surface area contributed by atoms with Crippen LogP contribution in [0.1, 0.15) is 27.7 Å². The van der Waals surface area contributed by atoms with Crippen molar-refractivity contribution in [1.82, 2.24) is 19.9 Å². The molecular formula is C110H82BClN4O2S2. The molecule has 0 bridgehead atoms. The fourth-order valence-corrected chi connectivity index (χ4v) is 17.1. The van der Waals surface area contributed by atoms with Gasteiger partial charge in [0.05, 0.1) is 22.6 Å². The number of benzene rings is 16. The standard InChI is InChI=1S/C52H34N2S.C36H25B.C16H9ClN2S.C6H14O2/c1-4-14-35(15-5-1)37-26-28-38(29-27-37)45-32-44(36-16-6-2-7-17-36)33-46(34-45)42-22-12-20-40(30-42)41-21-13-23-43(31-41)51-53-50(39-18-8-3-9-19-39)49-47-24-10-11-25-48(47)55-52(49)54-51;37-36-16-8-15-32(25-36)30-13-7-14-31(21-30)35-23-33(27-11-5-2-6-12-27)22-34(24-35)29-19-17-28(18-20-29)26-9-3-1-4-10-26;17-16-18-14(10-6-2-1-3-7-10)13-11-8-4-5-9-12(11)20-15(13)19-16;1-5(2,7)6(3,4)8/h1-34H;1-25H;1-9H;7-8H,1-4H3. The Morgan fingerprint density at radius 2 is 0.475 bits per heavy atom. The minimum absolute atomic E-state index is 0.294. The van der Waals surface area contributed by atoms with Crippen molar-refractivity contribution < 1.29 is 10.2 Å². The Kier molecular flexibility index (Phi) is 23.2. The molecule has 0 fully saturated rings. The Hall–Kier alpha value is -13.6. The van der Waals surface area contributed by atoms with Crippen LogP contribution in [0.5, 0.6) is 0 Å². The normalized spacial score (nSPS) is 11.3. The van der Waals surface area contributed by atoms with E-state index in [4.69, 9.17) is 39.6 Å². The van der Waals surface area contributed by atoms with Gasteiger partial charge in [-0.25, -0.2) is 19.9 Å². The van der Waals surface area contributed by atoms with Gasteiger partial charge in [-0.3, -0.25) is 0 Å². The summed E-state index contributed by atoms with van der Waals surface area (Å²) in [5.41, 5.74) is 27.5. The summed E-state index contributed by atoms with van der Waals surface area (Å²) in [6, 6.07) is 146. The lowest BCUT2D eigenvalue weighted by Crippen LogP contribution is -2.44. The third kappa shape index (κ3) is 17.9. The Morgan fingerprint density at radius 3 is 0.833 bits per heavy atom. The van der Waals surface area contributed by atoms with E-state index in [0.29, 0.717) is 5.28 Å². The van der Waals surface area contributed by atoms with E-state index in [9.17, 15) is 0 Å². The van der Waals surface area contributed by atoms with E-state index < -0.39 is 11.2 Å². The molecule has 0 unspecified atom stereocenters. The average Bonchev–Trinajstić information content (AvgIpc) is 1.61. The van der Waals surface area contributed by atoms with Gasteiger partial charge in [-0.1, -0.05) is 351 Å². The summed E-state index contributed by atoms with van der Waals surface area (Å²) in [6.45, 7) is 6.31. The van der Waals surface area contributed by atoms with Crippen molar-refractivity contribution in [2.45, 2.75) is 38.9 Å². The van der Waals surface area contributed by atoms with Gasteiger partial charge in [-0.05, 0) is 217 Å². The topological polar surface area (TPSA) is 92.0 Å². The summed E-state index contributed by atoms with van der Waals surface area (Å²) in [5, 5.41) is 23.1. The maximum absolute atomic E-state index is 9.10. The number of hydrogen-bond donors (Lipinski definition) is 2. The van der Waals surface area contributed by atoms with Crippen LogP contribution in [0, 0.1) is 0 Å². The molecule has 20 aromatic rings. The van der Waals surface area contributed by atoms with Gasteiger partial charge in [0.2, 0.25) is 5.28 Å². The number of thiophene rings is 2. The number of aliphatic hydroxyl groups is 2. The molecule has 0 aliphatic carbocycles. The van der Waals surface area contributed by atoms with E-state index in [1.165, 1.54) is 104 Å². The summed E-state index contributed by atoms with van der Waals surface area (Å²) in [7, 11) is 6.06. The monoisotopic (exact) mass is 1600 g/mol. The molecular weight excluding hydrogens is 1520 g/mol. The molecule has 10 heteroatoms. The first-order valence-corrected chi connectivity index (χ1v) is 42.1. The van der Waals surface area contributed by atoms with Gasteiger partial charge < -0.3 is 10.2 Å². The smallest absolute Gasteiger partial charge is 0.224 e. The van der Waals surface area contributed by atoms with Crippen LogP contribution in [-0.4, -0.2) is 49.2 Å². The Labute approximate surface area is 714 Å². The Balaban J connectivity index is 0.000000135. The molecule has 16 aromatic carbocycles. The highest BCUT2D eigenvalue weighted by Gasteiger charge is 2.32. The molecule has 0 aliphatic rings. The van der Waals surface area contributed by atoms with Crippen LogP contribution in [0.2, 0.25) is 5.28 Å². The molecule has 120 heavy (non-hydrogen) atoms. The number of fused-ring (bicyclic) bond motifs is 6. The van der Waals surface area contributed by atoms with Gasteiger partial charge in [0.1, 0.15) is 17.5 Å². The van der Waals surface area contributed by atoms with Gasteiger partial charge in [0.15, 0.2) is 5.82 Å².